The van der Waals surface area contributed by atoms with E-state index in [1.807, 2.05) is 22.6 Å². The van der Waals surface area contributed by atoms with Crippen molar-refractivity contribution in [2.24, 2.45) is 0 Å². The van der Waals surface area contributed by atoms with Gasteiger partial charge in [-0.05, 0) is 94.7 Å². The molecule has 0 N–H and O–H groups in total. The quantitative estimate of drug-likeness (QED) is 0.146. The van der Waals surface area contributed by atoms with Crippen molar-refractivity contribution in [1.29, 1.82) is 0 Å². The minimum atomic E-state index is -0.263. The highest BCUT2D eigenvalue weighted by Gasteiger charge is 1.80. The summed E-state index contributed by atoms with van der Waals surface area (Å²) >= 11 is 1.96. The predicted octanol–water partition coefficient (Wildman–Crippen LogP) is 0.641. The monoisotopic (exact) mass is 824 g/mol. The molecule has 0 aromatic carbocycles. The molecule has 0 heterocycles. The van der Waals surface area contributed by atoms with Gasteiger partial charge in [0.2, 0.25) is 0 Å². The normalized spacial score (nSPS) is 4.75. The van der Waals surface area contributed by atoms with Gasteiger partial charge in [-0.3, -0.25) is 0 Å². The van der Waals surface area contributed by atoms with Gasteiger partial charge >= 0.3 is 0 Å². The summed E-state index contributed by atoms with van der Waals surface area (Å²) in [5, 5.41) is 0. The van der Waals surface area contributed by atoms with Crippen molar-refractivity contribution >= 4 is 30.4 Å². The fourth-order valence-electron chi connectivity index (χ4n) is 1.73. The third kappa shape index (κ3) is 46.5. The van der Waals surface area contributed by atoms with Crippen LogP contribution in [0.25, 0.3) is 0 Å². The van der Waals surface area contributed by atoms with Crippen molar-refractivity contribution in [1.82, 2.24) is 0 Å². The lowest BCUT2D eigenvalue weighted by Gasteiger charge is -1.79. The van der Waals surface area contributed by atoms with E-state index in [0.717, 1.165) is 0 Å². The first-order valence-electron chi connectivity index (χ1n) is 14.6. The second-order valence-corrected chi connectivity index (χ2v) is 8.66. The summed E-state index contributed by atoms with van der Waals surface area (Å²) in [5.41, 5.74) is 0. The van der Waals surface area contributed by atoms with Gasteiger partial charge < -0.3 is 0 Å². The first kappa shape index (κ1) is 47.5. The van der Waals surface area contributed by atoms with Crippen LogP contribution in [0, 0.1) is 332 Å². The van der Waals surface area contributed by atoms with E-state index in [9.17, 15) is 0 Å². The largest absolute Gasteiger partial charge is 0.106 e. The van der Waals surface area contributed by atoms with Crippen LogP contribution in [-0.4, -0.2) is 11.7 Å². The number of terminal acetylenes is 1. The van der Waals surface area contributed by atoms with E-state index in [1.165, 1.54) is 0 Å². The molecule has 1 atom stereocenters. The van der Waals surface area contributed by atoms with Crippen molar-refractivity contribution in [2.45, 2.75) is 3.82 Å². The zero-order valence-electron chi connectivity index (χ0n) is 29.6. The molecule has 0 fully saturated rings. The average Bonchev–Trinajstić information content (AvgIpc) is 3.23. The lowest BCUT2D eigenvalue weighted by Crippen LogP contribution is -1.87. The Bertz CT molecular complexity index is 3640. The van der Waals surface area contributed by atoms with Crippen LogP contribution in [0.15, 0.2) is 0 Å². The van der Waals surface area contributed by atoms with Gasteiger partial charge in [-0.2, -0.15) is 0 Å². The fraction of sp³-hybridized carbons (Fsp3) is 0.0175. The van der Waals surface area contributed by atoms with Gasteiger partial charge in [0.1, 0.15) is 7.85 Å². The third-order valence-corrected chi connectivity index (χ3v) is 3.84. The van der Waals surface area contributed by atoms with Crippen LogP contribution in [0.1, 0.15) is 0 Å². The first-order valence-corrected chi connectivity index (χ1v) is 15.9. The van der Waals surface area contributed by atoms with Crippen molar-refractivity contribution < 1.29 is 0 Å². The average molecular weight is 824 g/mol. The van der Waals surface area contributed by atoms with Gasteiger partial charge in [-0.1, -0.05) is 28.5 Å². The molecular weight excluding hydrogens is 822 g/mol. The van der Waals surface area contributed by atoms with Gasteiger partial charge in [0, 0.05) is 229 Å². The summed E-state index contributed by atoms with van der Waals surface area (Å²) < 4.78 is -0.263. The van der Waals surface area contributed by atoms with E-state index in [-0.39, 0.29) is 3.82 Å². The Morgan fingerprint density at radius 2 is 0.305 bits per heavy atom. The molecule has 0 aromatic heterocycles. The summed E-state index contributed by atoms with van der Waals surface area (Å²) in [5.74, 6) is 137. The molecule has 2 radical (unpaired) electrons. The van der Waals surface area contributed by atoms with Crippen molar-refractivity contribution in [3.63, 3.8) is 0 Å². The molecule has 0 amide bonds. The van der Waals surface area contributed by atoms with Gasteiger partial charge in [-0.25, -0.2) is 0 Å². The van der Waals surface area contributed by atoms with Crippen LogP contribution in [0.5, 0.6) is 0 Å². The van der Waals surface area contributed by atoms with E-state index < -0.39 is 0 Å². The molecule has 2 heteroatoms. The number of halogens is 1. The van der Waals surface area contributed by atoms with Gasteiger partial charge in [0.05, 0.1) is 0 Å². The molecule has 0 aliphatic carbocycles. The molecule has 0 aromatic rings. The third-order valence-electron chi connectivity index (χ3n) is 3.53. The second kappa shape index (κ2) is 44.5. The Balaban J connectivity index is 4.58. The minimum Gasteiger partial charge on any atom is -0.106 e. The van der Waals surface area contributed by atoms with Gasteiger partial charge in [-0.15, -0.1) is 6.42 Å². The lowest BCUT2D eigenvalue weighted by molar-refractivity contribution is 1.84. The van der Waals surface area contributed by atoms with E-state index in [1.54, 1.807) is 0 Å². The Kier molecular flexibility index (Phi) is 35.8. The second-order valence-electron chi connectivity index (χ2n) is 7.32. The topological polar surface area (TPSA) is 0 Å². The van der Waals surface area contributed by atoms with Gasteiger partial charge in [0.15, 0.2) is 0 Å². The number of rotatable bonds is 0. The molecule has 0 rings (SSSR count). The van der Waals surface area contributed by atoms with Crippen LogP contribution in [0.3, 0.4) is 0 Å². The molecular formula is C57H2BI. The predicted molar refractivity (Wildman–Crippen MR) is 242 cm³/mol. The standard InChI is InChI=1S/C57H2BI/c1-2-3-4-5-6-7-8-9-10-11-12-13-14-15-16-17-18-19-20-21-22-23-24-25-26-27-28-29-30-31-32-33-34-35-36-37-38-39-40-41-42-43-44-45-46-47-48-49-50-51-52-53-54-55-56-57(58)59/h1,57H. The van der Waals surface area contributed by atoms with Crippen LogP contribution in [0.2, 0.25) is 0 Å². The van der Waals surface area contributed by atoms with E-state index >= 15 is 0 Å². The highest BCUT2D eigenvalue weighted by molar-refractivity contribution is 14.1. The highest BCUT2D eigenvalue weighted by atomic mass is 127. The van der Waals surface area contributed by atoms with Crippen molar-refractivity contribution in [3.8, 4) is 332 Å². The molecule has 0 aliphatic rings. The molecule has 0 saturated carbocycles. The minimum absolute atomic E-state index is 0.263. The SMILES string of the molecule is [B]C(I)C#CC#CC#CC#CC#CC#CC#CC#CC#CC#CC#CC#CC#CC#CC#CC#CC#CC#CC#CC#CC#CC#CC#CC#CC#CC#CC#CC#C. The van der Waals surface area contributed by atoms with E-state index in [4.69, 9.17) is 14.3 Å². The van der Waals surface area contributed by atoms with E-state index in [0.29, 0.717) is 0 Å². The number of hydrogen-bond donors (Lipinski definition) is 0. The van der Waals surface area contributed by atoms with E-state index in [2.05, 4.69) is 326 Å². The molecule has 0 spiro atoms. The van der Waals surface area contributed by atoms with Crippen LogP contribution in [-0.2, 0) is 0 Å². The maximum absolute atomic E-state index is 5.44. The summed E-state index contributed by atoms with van der Waals surface area (Å²) in [6.07, 6.45) is 4.94. The highest BCUT2D eigenvalue weighted by Crippen LogP contribution is 1.88. The summed E-state index contributed by atoms with van der Waals surface area (Å²) in [6, 6.07) is 0. The summed E-state index contributed by atoms with van der Waals surface area (Å²) in [7, 11) is 5.44. The van der Waals surface area contributed by atoms with Crippen LogP contribution in [0.4, 0.5) is 0 Å². The maximum atomic E-state index is 5.44. The zero-order chi connectivity index (χ0) is 42.5. The molecule has 0 nitrogen and oxygen atoms in total. The lowest BCUT2D eigenvalue weighted by atomic mass is 10.1. The van der Waals surface area contributed by atoms with Crippen molar-refractivity contribution in [3.05, 3.63) is 0 Å². The van der Waals surface area contributed by atoms with Crippen LogP contribution < -0.4 is 0 Å². The molecule has 59 heavy (non-hydrogen) atoms. The molecule has 0 bridgehead atoms. The smallest absolute Gasteiger partial charge is 0.102 e. The molecule has 1 unspecified atom stereocenters. The first-order chi connectivity index (χ1) is 29.3. The molecule has 0 saturated heterocycles. The zero-order valence-corrected chi connectivity index (χ0v) is 31.8. The Labute approximate surface area is 364 Å². The van der Waals surface area contributed by atoms with Gasteiger partial charge in [0.25, 0.3) is 0 Å². The number of hydrogen-bond acceptors (Lipinski definition) is 0. The van der Waals surface area contributed by atoms with Crippen LogP contribution >= 0.6 is 22.6 Å². The molecule has 0 aliphatic heterocycles. The Morgan fingerprint density at radius 1 is 0.203 bits per heavy atom. The van der Waals surface area contributed by atoms with Crippen molar-refractivity contribution in [2.75, 3.05) is 0 Å². The summed E-state index contributed by atoms with van der Waals surface area (Å²) in [4.78, 5) is 0. The fourth-order valence-corrected chi connectivity index (χ4v) is 1.89. The Hall–Kier alpha value is -11.5. The maximum Gasteiger partial charge on any atom is 0.102 e. The summed E-state index contributed by atoms with van der Waals surface area (Å²) in [6.45, 7) is 0. The Morgan fingerprint density at radius 3 is 0.407 bits per heavy atom. The number of alkyl halides is 1. The molecule has 240 valence electrons.